The maximum absolute atomic E-state index is 13.3. The van der Waals surface area contributed by atoms with Crippen LogP contribution in [0.15, 0.2) is 18.2 Å². The van der Waals surface area contributed by atoms with E-state index in [2.05, 4.69) is 5.32 Å². The number of rotatable bonds is 6. The lowest BCUT2D eigenvalue weighted by Crippen LogP contribution is -2.37. The zero-order valence-electron chi connectivity index (χ0n) is 11.0. The molecule has 1 atom stereocenters. The van der Waals surface area contributed by atoms with Gasteiger partial charge >= 0.3 is 5.97 Å². The fourth-order valence-corrected chi connectivity index (χ4v) is 1.73. The third-order valence-electron chi connectivity index (χ3n) is 2.79. The average molecular weight is 253 g/mol. The molecule has 0 aromatic heterocycles. The van der Waals surface area contributed by atoms with Crippen molar-refractivity contribution in [2.75, 3.05) is 0 Å². The number of halogens is 1. The quantitative estimate of drug-likeness (QED) is 0.819. The molecule has 3 nitrogen and oxygen atoms in total. The van der Waals surface area contributed by atoms with Gasteiger partial charge in [0.1, 0.15) is 11.9 Å². The standard InChI is InChI=1S/C14H20FNO2/c1-9(2)6-13(14(17)18)16-8-11-5-4-10(3)12(15)7-11/h4-5,7,9,13,16H,6,8H2,1-3H3,(H,17,18). The van der Waals surface area contributed by atoms with Crippen molar-refractivity contribution in [2.45, 2.75) is 39.8 Å². The molecule has 0 aliphatic heterocycles. The Morgan fingerprint density at radius 3 is 2.61 bits per heavy atom. The summed E-state index contributed by atoms with van der Waals surface area (Å²) in [4.78, 5) is 11.0. The summed E-state index contributed by atoms with van der Waals surface area (Å²) in [5.41, 5.74) is 1.35. The number of benzene rings is 1. The van der Waals surface area contributed by atoms with Crippen LogP contribution in [0.1, 0.15) is 31.4 Å². The van der Waals surface area contributed by atoms with Crippen LogP contribution >= 0.6 is 0 Å². The minimum absolute atomic E-state index is 0.259. The van der Waals surface area contributed by atoms with E-state index in [4.69, 9.17) is 5.11 Å². The Morgan fingerprint density at radius 2 is 2.11 bits per heavy atom. The molecule has 0 fully saturated rings. The second-order valence-electron chi connectivity index (χ2n) is 4.98. The molecule has 1 aromatic rings. The van der Waals surface area contributed by atoms with Crippen LogP contribution in [0, 0.1) is 18.7 Å². The Labute approximate surface area is 107 Å². The van der Waals surface area contributed by atoms with Gasteiger partial charge in [0.15, 0.2) is 0 Å². The van der Waals surface area contributed by atoms with Crippen molar-refractivity contribution in [3.63, 3.8) is 0 Å². The van der Waals surface area contributed by atoms with Gasteiger partial charge in [-0.3, -0.25) is 4.79 Å². The van der Waals surface area contributed by atoms with Gasteiger partial charge in [0, 0.05) is 6.54 Å². The van der Waals surface area contributed by atoms with Crippen LogP contribution in [0.3, 0.4) is 0 Å². The number of carbonyl (C=O) groups is 1. The molecule has 18 heavy (non-hydrogen) atoms. The Balaban J connectivity index is 2.61. The summed E-state index contributed by atoms with van der Waals surface area (Å²) in [7, 11) is 0. The van der Waals surface area contributed by atoms with Crippen LogP contribution in [0.2, 0.25) is 0 Å². The van der Waals surface area contributed by atoms with Gasteiger partial charge in [-0.05, 0) is 36.5 Å². The highest BCUT2D eigenvalue weighted by molar-refractivity contribution is 5.73. The molecule has 0 amide bonds. The van der Waals surface area contributed by atoms with E-state index in [0.717, 1.165) is 5.56 Å². The topological polar surface area (TPSA) is 49.3 Å². The van der Waals surface area contributed by atoms with Crippen molar-refractivity contribution in [3.8, 4) is 0 Å². The largest absolute Gasteiger partial charge is 0.480 e. The van der Waals surface area contributed by atoms with Crippen LogP contribution in [0.4, 0.5) is 4.39 Å². The second kappa shape index (κ2) is 6.50. The molecule has 0 saturated heterocycles. The van der Waals surface area contributed by atoms with Crippen LogP contribution in [-0.4, -0.2) is 17.1 Å². The van der Waals surface area contributed by atoms with E-state index in [1.807, 2.05) is 13.8 Å². The minimum Gasteiger partial charge on any atom is -0.480 e. The SMILES string of the molecule is Cc1ccc(CNC(CC(C)C)C(=O)O)cc1F. The smallest absolute Gasteiger partial charge is 0.320 e. The molecule has 100 valence electrons. The highest BCUT2D eigenvalue weighted by Crippen LogP contribution is 2.10. The Bertz CT molecular complexity index is 418. The highest BCUT2D eigenvalue weighted by Gasteiger charge is 2.17. The maximum Gasteiger partial charge on any atom is 0.320 e. The fraction of sp³-hybridized carbons (Fsp3) is 0.500. The third kappa shape index (κ3) is 4.45. The lowest BCUT2D eigenvalue weighted by molar-refractivity contribution is -0.140. The van der Waals surface area contributed by atoms with Crippen molar-refractivity contribution >= 4 is 5.97 Å². The molecule has 1 aromatic carbocycles. The summed E-state index contributed by atoms with van der Waals surface area (Å²) in [6.07, 6.45) is 0.559. The van der Waals surface area contributed by atoms with Crippen molar-refractivity contribution < 1.29 is 14.3 Å². The van der Waals surface area contributed by atoms with Crippen molar-refractivity contribution in [2.24, 2.45) is 5.92 Å². The van der Waals surface area contributed by atoms with E-state index >= 15 is 0 Å². The first-order valence-corrected chi connectivity index (χ1v) is 6.11. The highest BCUT2D eigenvalue weighted by atomic mass is 19.1. The van der Waals surface area contributed by atoms with Crippen LogP contribution in [0.5, 0.6) is 0 Å². The van der Waals surface area contributed by atoms with Gasteiger partial charge in [0.05, 0.1) is 0 Å². The molecule has 0 aliphatic carbocycles. The normalized spacial score (nSPS) is 12.7. The van der Waals surface area contributed by atoms with Gasteiger partial charge in [-0.15, -0.1) is 0 Å². The number of hydrogen-bond donors (Lipinski definition) is 2. The Hall–Kier alpha value is -1.42. The average Bonchev–Trinajstić information content (AvgIpc) is 2.28. The molecule has 0 heterocycles. The molecule has 0 saturated carbocycles. The molecular formula is C14H20FNO2. The summed E-state index contributed by atoms with van der Waals surface area (Å²) in [5, 5.41) is 12.0. The first kappa shape index (κ1) is 14.6. The molecule has 1 unspecified atom stereocenters. The molecule has 2 N–H and O–H groups in total. The van der Waals surface area contributed by atoms with Gasteiger partial charge < -0.3 is 10.4 Å². The fourth-order valence-electron chi connectivity index (χ4n) is 1.73. The van der Waals surface area contributed by atoms with Gasteiger partial charge in [-0.2, -0.15) is 0 Å². The molecule has 4 heteroatoms. The molecule has 0 aliphatic rings. The maximum atomic E-state index is 13.3. The van der Waals surface area contributed by atoms with E-state index in [1.165, 1.54) is 6.07 Å². The first-order valence-electron chi connectivity index (χ1n) is 6.11. The van der Waals surface area contributed by atoms with E-state index in [-0.39, 0.29) is 5.82 Å². The lowest BCUT2D eigenvalue weighted by atomic mass is 10.0. The molecule has 1 rings (SSSR count). The number of aliphatic carboxylic acids is 1. The van der Waals surface area contributed by atoms with Crippen LogP contribution in [-0.2, 0) is 11.3 Å². The summed E-state index contributed by atoms with van der Waals surface area (Å²) < 4.78 is 13.3. The second-order valence-corrected chi connectivity index (χ2v) is 4.98. The summed E-state index contributed by atoms with van der Waals surface area (Å²) in [6.45, 7) is 6.01. The van der Waals surface area contributed by atoms with Gasteiger partial charge in [0.2, 0.25) is 0 Å². The number of carboxylic acids is 1. The molecule has 0 bridgehead atoms. The molecule has 0 spiro atoms. The van der Waals surface area contributed by atoms with E-state index in [1.54, 1.807) is 19.1 Å². The number of carboxylic acid groups (broad SMARTS) is 1. The van der Waals surface area contributed by atoms with Gasteiger partial charge in [-0.25, -0.2) is 4.39 Å². The molecular weight excluding hydrogens is 233 g/mol. The summed E-state index contributed by atoms with van der Waals surface area (Å²) >= 11 is 0. The predicted octanol–water partition coefficient (Wildman–Crippen LogP) is 2.72. The van der Waals surface area contributed by atoms with E-state index < -0.39 is 12.0 Å². The molecule has 0 radical (unpaired) electrons. The van der Waals surface area contributed by atoms with Crippen molar-refractivity contribution in [1.82, 2.24) is 5.32 Å². The zero-order valence-corrected chi connectivity index (χ0v) is 11.0. The van der Waals surface area contributed by atoms with Gasteiger partial charge in [-0.1, -0.05) is 26.0 Å². The lowest BCUT2D eigenvalue weighted by Gasteiger charge is -2.16. The Morgan fingerprint density at radius 1 is 1.44 bits per heavy atom. The zero-order chi connectivity index (χ0) is 13.7. The van der Waals surface area contributed by atoms with E-state index in [0.29, 0.717) is 24.4 Å². The van der Waals surface area contributed by atoms with E-state index in [9.17, 15) is 9.18 Å². The van der Waals surface area contributed by atoms with Gasteiger partial charge in [0.25, 0.3) is 0 Å². The monoisotopic (exact) mass is 253 g/mol. The van der Waals surface area contributed by atoms with Crippen molar-refractivity contribution in [3.05, 3.63) is 35.1 Å². The third-order valence-corrected chi connectivity index (χ3v) is 2.79. The van der Waals surface area contributed by atoms with Crippen molar-refractivity contribution in [1.29, 1.82) is 0 Å². The number of aryl methyl sites for hydroxylation is 1. The summed E-state index contributed by atoms with van der Waals surface area (Å²) in [5.74, 6) is -0.824. The minimum atomic E-state index is -0.865. The predicted molar refractivity (Wildman–Crippen MR) is 68.9 cm³/mol. The summed E-state index contributed by atoms with van der Waals surface area (Å²) in [6, 6.07) is 4.36. The van der Waals surface area contributed by atoms with Crippen LogP contribution < -0.4 is 5.32 Å². The number of nitrogens with one attached hydrogen (secondary N) is 1. The number of hydrogen-bond acceptors (Lipinski definition) is 2. The van der Waals surface area contributed by atoms with Crippen LogP contribution in [0.25, 0.3) is 0 Å². The first-order chi connectivity index (χ1) is 8.40. The Kier molecular flexibility index (Phi) is 5.28.